The highest BCUT2D eigenvalue weighted by atomic mass is 16.4. The number of unbranched alkanes of at least 4 members (excludes halogenated alkanes) is 15. The minimum Gasteiger partial charge on any atom is -0.465 e. The normalized spacial score (nSPS) is 12.5. The fourth-order valence-corrected chi connectivity index (χ4v) is 4.17. The van der Waals surface area contributed by atoms with Crippen LogP contribution in [0.3, 0.4) is 0 Å². The monoisotopic (exact) mass is 456 g/mol. The molecule has 6 heteroatoms. The first-order chi connectivity index (χ1) is 15.3. The Morgan fingerprint density at radius 3 is 1.44 bits per heavy atom. The molecule has 32 heavy (non-hydrogen) atoms. The minimum absolute atomic E-state index is 0.425. The first-order valence-corrected chi connectivity index (χ1v) is 13.2. The third-order valence-corrected chi connectivity index (χ3v) is 6.05. The number of hydrogen-bond donors (Lipinski definition) is 3. The van der Waals surface area contributed by atoms with Crippen LogP contribution in [0.25, 0.3) is 0 Å². The first kappa shape index (κ1) is 30.7. The molecule has 0 aromatic rings. The van der Waals surface area contributed by atoms with Crippen molar-refractivity contribution in [1.29, 1.82) is 0 Å². The third kappa shape index (κ3) is 15.5. The van der Waals surface area contributed by atoms with Crippen LogP contribution in [0.15, 0.2) is 0 Å². The maximum absolute atomic E-state index is 12.4. The Hall–Kier alpha value is -1.30. The quantitative estimate of drug-likeness (QED) is 0.182. The van der Waals surface area contributed by atoms with E-state index >= 15 is 0 Å². The second-order valence-electron chi connectivity index (χ2n) is 10.1. The lowest BCUT2D eigenvalue weighted by Crippen LogP contribution is -2.58. The SMILES string of the molecule is CCCCCCCCCCCCCCCCCCNC(=O)C(CO)N(C(=O)O)C(C)(C)C. The van der Waals surface area contributed by atoms with E-state index in [-0.39, 0.29) is 0 Å². The van der Waals surface area contributed by atoms with Crippen molar-refractivity contribution in [2.45, 2.75) is 142 Å². The van der Waals surface area contributed by atoms with Gasteiger partial charge in [-0.15, -0.1) is 0 Å². The molecule has 3 N–H and O–H groups in total. The van der Waals surface area contributed by atoms with E-state index in [1.165, 1.54) is 89.9 Å². The number of hydrogen-bond acceptors (Lipinski definition) is 3. The van der Waals surface area contributed by atoms with Gasteiger partial charge in [-0.3, -0.25) is 9.69 Å². The number of aliphatic hydroxyl groups excluding tert-OH is 1. The van der Waals surface area contributed by atoms with Crippen molar-refractivity contribution in [3.8, 4) is 0 Å². The Morgan fingerprint density at radius 1 is 0.750 bits per heavy atom. The molecule has 0 saturated carbocycles. The van der Waals surface area contributed by atoms with Crippen LogP contribution in [0.2, 0.25) is 0 Å². The fourth-order valence-electron chi connectivity index (χ4n) is 4.17. The lowest BCUT2D eigenvalue weighted by atomic mass is 10.0. The molecular weight excluding hydrogens is 404 g/mol. The molecule has 0 radical (unpaired) electrons. The second-order valence-corrected chi connectivity index (χ2v) is 10.1. The Morgan fingerprint density at radius 2 is 1.12 bits per heavy atom. The van der Waals surface area contributed by atoms with Gasteiger partial charge < -0.3 is 15.5 Å². The Labute approximate surface area is 197 Å². The van der Waals surface area contributed by atoms with Crippen LogP contribution in [-0.2, 0) is 4.79 Å². The van der Waals surface area contributed by atoms with Gasteiger partial charge in [0.15, 0.2) is 0 Å². The van der Waals surface area contributed by atoms with Crippen molar-refractivity contribution in [2.75, 3.05) is 13.2 Å². The standard InChI is InChI=1S/C26H52N2O4/c1-5-6-7-8-9-10-11-12-13-14-15-16-17-18-19-20-21-27-24(30)23(22-29)28(25(31)32)26(2,3)4/h23,29H,5-22H2,1-4H3,(H,27,30)(H,31,32). The Kier molecular flexibility index (Phi) is 18.4. The molecule has 6 nitrogen and oxygen atoms in total. The highest BCUT2D eigenvalue weighted by Crippen LogP contribution is 2.18. The molecule has 1 unspecified atom stereocenters. The van der Waals surface area contributed by atoms with Crippen LogP contribution >= 0.6 is 0 Å². The zero-order chi connectivity index (χ0) is 24.2. The predicted molar refractivity (Wildman–Crippen MR) is 133 cm³/mol. The maximum Gasteiger partial charge on any atom is 0.408 e. The Balaban J connectivity index is 3.65. The van der Waals surface area contributed by atoms with Crippen molar-refractivity contribution >= 4 is 12.0 Å². The summed E-state index contributed by atoms with van der Waals surface area (Å²) in [6.45, 7) is 7.41. The number of carbonyl (C=O) groups excluding carboxylic acids is 1. The first-order valence-electron chi connectivity index (χ1n) is 13.2. The minimum atomic E-state index is -1.20. The van der Waals surface area contributed by atoms with E-state index in [1.54, 1.807) is 20.8 Å². The molecule has 1 atom stereocenters. The van der Waals surface area contributed by atoms with Crippen molar-refractivity contribution in [1.82, 2.24) is 10.2 Å². The van der Waals surface area contributed by atoms with Gasteiger partial charge in [0.2, 0.25) is 5.91 Å². The summed E-state index contributed by atoms with van der Waals surface area (Å²) in [6, 6.07) is -1.08. The van der Waals surface area contributed by atoms with E-state index in [2.05, 4.69) is 12.2 Å². The molecule has 0 spiro atoms. The summed E-state index contributed by atoms with van der Waals surface area (Å²) in [5.41, 5.74) is -0.759. The number of rotatable bonds is 20. The van der Waals surface area contributed by atoms with Crippen LogP contribution in [0.5, 0.6) is 0 Å². The number of amides is 2. The lowest BCUT2D eigenvalue weighted by molar-refractivity contribution is -0.129. The molecule has 0 aromatic carbocycles. The van der Waals surface area contributed by atoms with Gasteiger partial charge in [0.05, 0.1) is 6.61 Å². The van der Waals surface area contributed by atoms with Gasteiger partial charge in [0.25, 0.3) is 0 Å². The highest BCUT2D eigenvalue weighted by Gasteiger charge is 2.36. The zero-order valence-corrected chi connectivity index (χ0v) is 21.5. The highest BCUT2D eigenvalue weighted by molar-refractivity contribution is 5.85. The topological polar surface area (TPSA) is 89.9 Å². The van der Waals surface area contributed by atoms with Gasteiger partial charge in [0, 0.05) is 12.1 Å². The zero-order valence-electron chi connectivity index (χ0n) is 21.5. The summed E-state index contributed by atoms with van der Waals surface area (Å²) in [5, 5.41) is 21.8. The second kappa shape index (κ2) is 19.2. The molecule has 0 aliphatic rings. The summed E-state index contributed by atoms with van der Waals surface area (Å²) < 4.78 is 0. The van der Waals surface area contributed by atoms with Crippen molar-refractivity contribution in [3.05, 3.63) is 0 Å². The summed E-state index contributed by atoms with van der Waals surface area (Å²) in [6.07, 6.45) is 19.6. The lowest BCUT2D eigenvalue weighted by Gasteiger charge is -2.37. The molecule has 0 bridgehead atoms. The number of carboxylic acid groups (broad SMARTS) is 1. The third-order valence-electron chi connectivity index (χ3n) is 6.05. The number of nitrogens with one attached hydrogen (secondary N) is 1. The average Bonchev–Trinajstić information content (AvgIpc) is 2.72. The van der Waals surface area contributed by atoms with E-state index in [0.29, 0.717) is 6.54 Å². The van der Waals surface area contributed by atoms with Crippen LogP contribution in [0.1, 0.15) is 130 Å². The summed E-state index contributed by atoms with van der Waals surface area (Å²) in [7, 11) is 0. The van der Waals surface area contributed by atoms with Gasteiger partial charge in [-0.05, 0) is 27.2 Å². The molecule has 0 aliphatic carbocycles. The van der Waals surface area contributed by atoms with Crippen molar-refractivity contribution < 1.29 is 19.8 Å². The van der Waals surface area contributed by atoms with E-state index in [1.807, 2.05) is 0 Å². The van der Waals surface area contributed by atoms with Gasteiger partial charge in [0.1, 0.15) is 6.04 Å². The smallest absolute Gasteiger partial charge is 0.408 e. The molecule has 0 aliphatic heterocycles. The molecule has 0 heterocycles. The fraction of sp³-hybridized carbons (Fsp3) is 0.923. The van der Waals surface area contributed by atoms with Gasteiger partial charge >= 0.3 is 6.09 Å². The van der Waals surface area contributed by atoms with Gasteiger partial charge in [-0.1, -0.05) is 103 Å². The van der Waals surface area contributed by atoms with Gasteiger partial charge in [-0.2, -0.15) is 0 Å². The van der Waals surface area contributed by atoms with E-state index in [4.69, 9.17) is 0 Å². The average molecular weight is 457 g/mol. The molecule has 0 aromatic heterocycles. The largest absolute Gasteiger partial charge is 0.465 e. The maximum atomic E-state index is 12.4. The predicted octanol–water partition coefficient (Wildman–Crippen LogP) is 6.50. The van der Waals surface area contributed by atoms with Crippen LogP contribution in [-0.4, -0.2) is 51.8 Å². The summed E-state index contributed by atoms with van der Waals surface area (Å²) in [5.74, 6) is -0.425. The van der Waals surface area contributed by atoms with E-state index in [0.717, 1.165) is 17.7 Å². The molecule has 190 valence electrons. The van der Waals surface area contributed by atoms with E-state index in [9.17, 15) is 19.8 Å². The van der Waals surface area contributed by atoms with Crippen molar-refractivity contribution in [2.24, 2.45) is 0 Å². The molecule has 0 fully saturated rings. The van der Waals surface area contributed by atoms with Crippen LogP contribution in [0.4, 0.5) is 4.79 Å². The number of nitrogens with zero attached hydrogens (tertiary/aromatic N) is 1. The van der Waals surface area contributed by atoms with Gasteiger partial charge in [-0.25, -0.2) is 4.79 Å². The summed E-state index contributed by atoms with van der Waals surface area (Å²) in [4.78, 5) is 24.9. The molecular formula is C26H52N2O4. The Bertz CT molecular complexity index is 477. The molecule has 0 saturated heterocycles. The van der Waals surface area contributed by atoms with Crippen LogP contribution < -0.4 is 5.32 Å². The van der Waals surface area contributed by atoms with Crippen LogP contribution in [0, 0.1) is 0 Å². The number of aliphatic hydroxyl groups is 1. The molecule has 0 rings (SSSR count). The summed E-state index contributed by atoms with van der Waals surface area (Å²) >= 11 is 0. The molecule has 2 amide bonds. The van der Waals surface area contributed by atoms with E-state index < -0.39 is 30.2 Å². The van der Waals surface area contributed by atoms with Crippen molar-refractivity contribution in [3.63, 3.8) is 0 Å². The number of carbonyl (C=O) groups is 2.